The summed E-state index contributed by atoms with van der Waals surface area (Å²) >= 11 is 0. The molecule has 0 saturated carbocycles. The van der Waals surface area contributed by atoms with E-state index >= 15 is 0 Å². The Hall–Kier alpha value is -0.870. The summed E-state index contributed by atoms with van der Waals surface area (Å²) in [6, 6.07) is -0.532. The zero-order valence-corrected chi connectivity index (χ0v) is 37.7. The third kappa shape index (κ3) is 44.1. The lowest BCUT2D eigenvalue weighted by atomic mass is 10.0. The Morgan fingerprint density at radius 2 is 0.691 bits per heavy atom. The lowest BCUT2D eigenvalue weighted by Gasteiger charge is -2.22. The van der Waals surface area contributed by atoms with Gasteiger partial charge in [0.15, 0.2) is 0 Å². The predicted molar refractivity (Wildman–Crippen MR) is 244 cm³/mol. The first-order valence-corrected chi connectivity index (χ1v) is 25.4. The summed E-state index contributed by atoms with van der Waals surface area (Å²) in [6.45, 7) is 4.38. The van der Waals surface area contributed by atoms with Crippen LogP contribution in [0.4, 0.5) is 0 Å². The second kappa shape index (κ2) is 47.5. The molecule has 4 nitrogen and oxygen atoms in total. The fourth-order valence-corrected chi connectivity index (χ4v) is 8.12. The first kappa shape index (κ1) is 54.1. The molecule has 0 spiro atoms. The van der Waals surface area contributed by atoms with E-state index in [0.717, 1.165) is 25.7 Å². The van der Waals surface area contributed by atoms with Gasteiger partial charge in [-0.05, 0) is 38.5 Å². The SMILES string of the molecule is CCCCCCCCCCCCCC/C=C\CCCCCCCCCCCCCCCC(=O)NC(CO)C(O)CCCCCCCCCCCCCCCC. The molecule has 0 heterocycles. The Balaban J connectivity index is 3.42. The van der Waals surface area contributed by atoms with Crippen molar-refractivity contribution in [2.45, 2.75) is 302 Å². The van der Waals surface area contributed by atoms with E-state index < -0.39 is 12.1 Å². The van der Waals surface area contributed by atoms with Crippen LogP contribution in [0.2, 0.25) is 0 Å². The molecule has 0 radical (unpaired) electrons. The number of amides is 1. The van der Waals surface area contributed by atoms with E-state index in [1.165, 1.54) is 238 Å². The standard InChI is InChI=1S/C51H101NO3/c1-3-5-7-9-11-13-15-17-19-20-21-22-23-24-25-26-27-28-29-30-31-32-33-35-37-39-41-43-45-47-51(55)52-49(48-53)50(54)46-44-42-40-38-36-34-18-16-14-12-10-8-6-4-2/h24-25,49-50,53-54H,3-23,26-48H2,1-2H3,(H,52,55)/b25-24-. The molecule has 2 atom stereocenters. The zero-order chi connectivity index (χ0) is 40.0. The highest BCUT2D eigenvalue weighted by atomic mass is 16.3. The Morgan fingerprint density at radius 3 is 1.00 bits per heavy atom. The third-order valence-corrected chi connectivity index (χ3v) is 12.0. The van der Waals surface area contributed by atoms with Crippen LogP contribution in [0.15, 0.2) is 12.2 Å². The molecule has 328 valence electrons. The Morgan fingerprint density at radius 1 is 0.418 bits per heavy atom. The molecule has 0 aromatic carbocycles. The summed E-state index contributed by atoms with van der Waals surface area (Å²) in [5.74, 6) is -0.0273. The van der Waals surface area contributed by atoms with Crippen LogP contribution in [-0.4, -0.2) is 34.9 Å². The Bertz CT molecular complexity index is 754. The van der Waals surface area contributed by atoms with E-state index in [2.05, 4.69) is 31.3 Å². The molecular formula is C51H101NO3. The molecule has 0 saturated heterocycles. The zero-order valence-electron chi connectivity index (χ0n) is 37.7. The van der Waals surface area contributed by atoms with Gasteiger partial charge >= 0.3 is 0 Å². The number of hydrogen-bond donors (Lipinski definition) is 3. The number of nitrogens with one attached hydrogen (secondary N) is 1. The van der Waals surface area contributed by atoms with E-state index in [4.69, 9.17) is 0 Å². The van der Waals surface area contributed by atoms with Crippen molar-refractivity contribution in [2.24, 2.45) is 0 Å². The van der Waals surface area contributed by atoms with Crippen LogP contribution in [0.25, 0.3) is 0 Å². The molecule has 0 aliphatic heterocycles. The molecule has 4 heteroatoms. The fraction of sp³-hybridized carbons (Fsp3) is 0.941. The summed E-state index contributed by atoms with van der Waals surface area (Å²) in [4.78, 5) is 12.4. The highest BCUT2D eigenvalue weighted by Crippen LogP contribution is 2.17. The first-order chi connectivity index (χ1) is 27.2. The summed E-state index contributed by atoms with van der Waals surface area (Å²) in [6.07, 6.45) is 60.4. The van der Waals surface area contributed by atoms with Crippen molar-refractivity contribution in [3.63, 3.8) is 0 Å². The number of carbonyl (C=O) groups excluding carboxylic acids is 1. The van der Waals surface area contributed by atoms with Gasteiger partial charge in [-0.2, -0.15) is 0 Å². The summed E-state index contributed by atoms with van der Waals surface area (Å²) in [5, 5.41) is 23.2. The van der Waals surface area contributed by atoms with E-state index in [1.807, 2.05) is 0 Å². The molecular weight excluding hydrogens is 675 g/mol. The number of carbonyl (C=O) groups is 1. The van der Waals surface area contributed by atoms with Gasteiger partial charge in [0, 0.05) is 6.42 Å². The number of rotatable bonds is 47. The van der Waals surface area contributed by atoms with Crippen LogP contribution in [0.5, 0.6) is 0 Å². The smallest absolute Gasteiger partial charge is 0.220 e. The highest BCUT2D eigenvalue weighted by molar-refractivity contribution is 5.76. The van der Waals surface area contributed by atoms with Gasteiger partial charge in [-0.3, -0.25) is 4.79 Å². The average molecular weight is 776 g/mol. The third-order valence-electron chi connectivity index (χ3n) is 12.0. The van der Waals surface area contributed by atoms with Crippen LogP contribution in [0, 0.1) is 0 Å². The highest BCUT2D eigenvalue weighted by Gasteiger charge is 2.20. The van der Waals surface area contributed by atoms with E-state index in [9.17, 15) is 15.0 Å². The average Bonchev–Trinajstić information content (AvgIpc) is 3.19. The van der Waals surface area contributed by atoms with Gasteiger partial charge in [0.1, 0.15) is 0 Å². The maximum absolute atomic E-state index is 12.4. The molecule has 0 fully saturated rings. The molecule has 0 rings (SSSR count). The van der Waals surface area contributed by atoms with Crippen molar-refractivity contribution in [1.29, 1.82) is 0 Å². The maximum atomic E-state index is 12.4. The van der Waals surface area contributed by atoms with E-state index in [-0.39, 0.29) is 12.5 Å². The summed E-state index contributed by atoms with van der Waals surface area (Å²) in [5.41, 5.74) is 0. The van der Waals surface area contributed by atoms with Gasteiger partial charge in [0.05, 0.1) is 18.8 Å². The topological polar surface area (TPSA) is 69.6 Å². The van der Waals surface area contributed by atoms with Gasteiger partial charge in [-0.25, -0.2) is 0 Å². The minimum atomic E-state index is -0.655. The van der Waals surface area contributed by atoms with E-state index in [0.29, 0.717) is 12.8 Å². The quantitative estimate of drug-likeness (QED) is 0.0426. The van der Waals surface area contributed by atoms with Crippen molar-refractivity contribution in [3.05, 3.63) is 12.2 Å². The van der Waals surface area contributed by atoms with Crippen LogP contribution in [-0.2, 0) is 4.79 Å². The van der Waals surface area contributed by atoms with Gasteiger partial charge in [0.25, 0.3) is 0 Å². The van der Waals surface area contributed by atoms with Gasteiger partial charge in [-0.15, -0.1) is 0 Å². The second-order valence-electron chi connectivity index (χ2n) is 17.6. The molecule has 1 amide bonds. The lowest BCUT2D eigenvalue weighted by molar-refractivity contribution is -0.123. The van der Waals surface area contributed by atoms with E-state index in [1.54, 1.807) is 0 Å². The van der Waals surface area contributed by atoms with Crippen molar-refractivity contribution in [2.75, 3.05) is 6.61 Å². The second-order valence-corrected chi connectivity index (χ2v) is 17.6. The fourth-order valence-electron chi connectivity index (χ4n) is 8.12. The van der Waals surface area contributed by atoms with Crippen LogP contribution in [0.1, 0.15) is 290 Å². The Kier molecular flexibility index (Phi) is 46.8. The predicted octanol–water partition coefficient (Wildman–Crippen LogP) is 16.2. The van der Waals surface area contributed by atoms with Crippen molar-refractivity contribution >= 4 is 5.91 Å². The molecule has 2 unspecified atom stereocenters. The van der Waals surface area contributed by atoms with Crippen LogP contribution in [0.3, 0.4) is 0 Å². The molecule has 0 aliphatic carbocycles. The molecule has 0 bridgehead atoms. The van der Waals surface area contributed by atoms with Crippen molar-refractivity contribution in [1.82, 2.24) is 5.32 Å². The summed E-state index contributed by atoms with van der Waals surface area (Å²) in [7, 11) is 0. The van der Waals surface area contributed by atoms with Gasteiger partial charge in [0.2, 0.25) is 5.91 Å². The normalized spacial score (nSPS) is 12.9. The minimum absolute atomic E-state index is 0.0273. The van der Waals surface area contributed by atoms with Gasteiger partial charge < -0.3 is 15.5 Å². The molecule has 3 N–H and O–H groups in total. The number of unbranched alkanes of at least 4 members (excludes halogenated alkanes) is 38. The van der Waals surface area contributed by atoms with Crippen LogP contribution < -0.4 is 5.32 Å². The Labute approximate surface area is 346 Å². The van der Waals surface area contributed by atoms with Crippen molar-refractivity contribution in [3.8, 4) is 0 Å². The summed E-state index contributed by atoms with van der Waals surface area (Å²) < 4.78 is 0. The molecule has 0 aromatic heterocycles. The molecule has 0 aromatic rings. The minimum Gasteiger partial charge on any atom is -0.394 e. The van der Waals surface area contributed by atoms with Crippen molar-refractivity contribution < 1.29 is 15.0 Å². The first-order valence-electron chi connectivity index (χ1n) is 25.4. The number of allylic oxidation sites excluding steroid dienone is 2. The van der Waals surface area contributed by atoms with Gasteiger partial charge in [-0.1, -0.05) is 257 Å². The monoisotopic (exact) mass is 776 g/mol. The maximum Gasteiger partial charge on any atom is 0.220 e. The number of hydrogen-bond acceptors (Lipinski definition) is 3. The molecule has 0 aliphatic rings. The number of aliphatic hydroxyl groups is 2. The number of aliphatic hydroxyl groups excluding tert-OH is 2. The molecule has 55 heavy (non-hydrogen) atoms. The lowest BCUT2D eigenvalue weighted by Crippen LogP contribution is -2.45. The largest absolute Gasteiger partial charge is 0.394 e. The van der Waals surface area contributed by atoms with Crippen LogP contribution >= 0.6 is 0 Å².